The molecule has 4 aromatic rings. The Bertz CT molecular complexity index is 1030. The largest absolute Gasteiger partial charge is 0.453 e. The number of alkyl halides is 3. The van der Waals surface area contributed by atoms with E-state index in [1.807, 2.05) is 30.5 Å². The van der Waals surface area contributed by atoms with Crippen LogP contribution in [0.15, 0.2) is 42.6 Å². The van der Waals surface area contributed by atoms with Gasteiger partial charge in [-0.2, -0.15) is 17.7 Å². The molecule has 0 fully saturated rings. The molecule has 0 bridgehead atoms. The third-order valence-electron chi connectivity index (χ3n) is 3.89. The van der Waals surface area contributed by atoms with Crippen molar-refractivity contribution in [2.75, 3.05) is 11.9 Å². The SMILES string of the molecule is FC(F)(F)c1nnc2ccc(NCCc3c[nH]c4ccccc34)nn12. The molecule has 0 amide bonds. The average Bonchev–Trinajstić information content (AvgIpc) is 3.18. The van der Waals surface area contributed by atoms with E-state index in [0.29, 0.717) is 23.3 Å². The molecule has 0 radical (unpaired) electrons. The highest BCUT2D eigenvalue weighted by Crippen LogP contribution is 2.27. The van der Waals surface area contributed by atoms with Crippen LogP contribution in [0.3, 0.4) is 0 Å². The number of H-pyrrole nitrogens is 1. The van der Waals surface area contributed by atoms with Gasteiger partial charge >= 0.3 is 6.18 Å². The molecule has 4 rings (SSSR count). The maximum atomic E-state index is 12.9. The lowest BCUT2D eigenvalue weighted by molar-refractivity contribution is -0.146. The highest BCUT2D eigenvalue weighted by atomic mass is 19.4. The van der Waals surface area contributed by atoms with Crippen molar-refractivity contribution >= 4 is 22.4 Å². The molecule has 0 atom stereocenters. The maximum Gasteiger partial charge on any atom is 0.453 e. The lowest BCUT2D eigenvalue weighted by Crippen LogP contribution is -2.14. The van der Waals surface area contributed by atoms with E-state index in [1.54, 1.807) is 6.07 Å². The van der Waals surface area contributed by atoms with Gasteiger partial charge in [0.05, 0.1) is 0 Å². The molecule has 0 aliphatic carbocycles. The summed E-state index contributed by atoms with van der Waals surface area (Å²) in [5.74, 6) is -0.805. The molecular formula is C16H13F3N6. The van der Waals surface area contributed by atoms with Gasteiger partial charge in [-0.25, -0.2) is 0 Å². The zero-order valence-electron chi connectivity index (χ0n) is 12.9. The second-order valence-corrected chi connectivity index (χ2v) is 5.55. The van der Waals surface area contributed by atoms with Gasteiger partial charge in [-0.15, -0.1) is 15.3 Å². The molecular weight excluding hydrogens is 333 g/mol. The molecule has 0 saturated heterocycles. The topological polar surface area (TPSA) is 70.9 Å². The van der Waals surface area contributed by atoms with Crippen molar-refractivity contribution in [1.29, 1.82) is 0 Å². The standard InChI is InChI=1S/C16H13F3N6/c17-16(18,19)15-23-22-14-6-5-13(24-25(14)15)20-8-7-10-9-21-12-4-2-1-3-11(10)12/h1-6,9,21H,7-8H2,(H,20,24). The number of nitrogens with zero attached hydrogens (tertiary/aromatic N) is 4. The zero-order valence-corrected chi connectivity index (χ0v) is 12.9. The number of halogens is 3. The van der Waals surface area contributed by atoms with Crippen LogP contribution in [-0.2, 0) is 12.6 Å². The Morgan fingerprint density at radius 1 is 1.08 bits per heavy atom. The van der Waals surface area contributed by atoms with Gasteiger partial charge in [0.2, 0.25) is 0 Å². The summed E-state index contributed by atoms with van der Waals surface area (Å²) in [5, 5.41) is 14.7. The first-order chi connectivity index (χ1) is 12.0. The minimum atomic E-state index is -4.60. The Hall–Kier alpha value is -3.10. The first-order valence-electron chi connectivity index (χ1n) is 7.61. The molecule has 0 spiro atoms. The predicted octanol–water partition coefficient (Wildman–Crippen LogP) is 3.28. The van der Waals surface area contributed by atoms with Crippen molar-refractivity contribution in [3.8, 4) is 0 Å². The predicted molar refractivity (Wildman–Crippen MR) is 86.3 cm³/mol. The second-order valence-electron chi connectivity index (χ2n) is 5.55. The van der Waals surface area contributed by atoms with Gasteiger partial charge in [-0.05, 0) is 30.2 Å². The fourth-order valence-electron chi connectivity index (χ4n) is 2.72. The highest BCUT2D eigenvalue weighted by Gasteiger charge is 2.37. The summed E-state index contributed by atoms with van der Waals surface area (Å²) in [7, 11) is 0. The number of aromatic amines is 1. The van der Waals surface area contributed by atoms with E-state index in [9.17, 15) is 13.2 Å². The van der Waals surface area contributed by atoms with E-state index in [0.717, 1.165) is 16.5 Å². The van der Waals surface area contributed by atoms with Crippen molar-refractivity contribution in [2.45, 2.75) is 12.6 Å². The number of fused-ring (bicyclic) bond motifs is 2. The van der Waals surface area contributed by atoms with Crippen LogP contribution in [0.1, 0.15) is 11.4 Å². The van der Waals surface area contributed by atoms with Gasteiger partial charge in [0.15, 0.2) is 5.65 Å². The van der Waals surface area contributed by atoms with Crippen molar-refractivity contribution in [3.05, 3.63) is 54.0 Å². The van der Waals surface area contributed by atoms with Crippen molar-refractivity contribution < 1.29 is 13.2 Å². The van der Waals surface area contributed by atoms with Crippen LogP contribution in [-0.4, -0.2) is 31.3 Å². The van der Waals surface area contributed by atoms with Crippen LogP contribution in [0.4, 0.5) is 19.0 Å². The number of hydrogen-bond acceptors (Lipinski definition) is 4. The molecule has 0 aliphatic rings. The molecule has 0 aliphatic heterocycles. The summed E-state index contributed by atoms with van der Waals surface area (Å²) in [6, 6.07) is 11.0. The highest BCUT2D eigenvalue weighted by molar-refractivity contribution is 5.83. The summed E-state index contributed by atoms with van der Waals surface area (Å²) in [6.45, 7) is 0.532. The lowest BCUT2D eigenvalue weighted by Gasteiger charge is -2.07. The van der Waals surface area contributed by atoms with Gasteiger partial charge in [-0.1, -0.05) is 18.2 Å². The molecule has 0 unspecified atom stereocenters. The van der Waals surface area contributed by atoms with Gasteiger partial charge < -0.3 is 10.3 Å². The maximum absolute atomic E-state index is 12.9. The van der Waals surface area contributed by atoms with Crippen LogP contribution in [0.25, 0.3) is 16.6 Å². The Labute approximate surface area is 139 Å². The minimum absolute atomic E-state index is 0.0505. The Balaban J connectivity index is 1.51. The molecule has 0 saturated carbocycles. The van der Waals surface area contributed by atoms with Gasteiger partial charge in [0.25, 0.3) is 5.82 Å². The van der Waals surface area contributed by atoms with E-state index in [-0.39, 0.29) is 5.65 Å². The fraction of sp³-hybridized carbons (Fsp3) is 0.188. The Morgan fingerprint density at radius 3 is 2.76 bits per heavy atom. The number of rotatable bonds is 4. The molecule has 3 heterocycles. The van der Waals surface area contributed by atoms with Crippen molar-refractivity contribution in [3.63, 3.8) is 0 Å². The third kappa shape index (κ3) is 2.88. The molecule has 3 aromatic heterocycles. The van der Waals surface area contributed by atoms with Gasteiger partial charge in [-0.3, -0.25) is 0 Å². The number of anilines is 1. The van der Waals surface area contributed by atoms with Crippen molar-refractivity contribution in [1.82, 2.24) is 24.8 Å². The Morgan fingerprint density at radius 2 is 1.92 bits per heavy atom. The van der Waals surface area contributed by atoms with Crippen LogP contribution in [0, 0.1) is 0 Å². The lowest BCUT2D eigenvalue weighted by atomic mass is 10.1. The zero-order chi connectivity index (χ0) is 17.4. The number of hydrogen-bond donors (Lipinski definition) is 2. The molecule has 25 heavy (non-hydrogen) atoms. The molecule has 2 N–H and O–H groups in total. The quantitative estimate of drug-likeness (QED) is 0.595. The average molecular weight is 346 g/mol. The number of nitrogens with one attached hydrogen (secondary N) is 2. The number of para-hydroxylation sites is 1. The van der Waals surface area contributed by atoms with Crippen LogP contribution in [0.2, 0.25) is 0 Å². The normalized spacial score (nSPS) is 12.1. The second kappa shape index (κ2) is 5.76. The monoisotopic (exact) mass is 346 g/mol. The smallest absolute Gasteiger partial charge is 0.368 e. The number of benzene rings is 1. The fourth-order valence-corrected chi connectivity index (χ4v) is 2.72. The van der Waals surface area contributed by atoms with E-state index in [1.165, 1.54) is 6.07 Å². The minimum Gasteiger partial charge on any atom is -0.368 e. The van der Waals surface area contributed by atoms with E-state index >= 15 is 0 Å². The Kier molecular flexibility index (Phi) is 3.56. The van der Waals surface area contributed by atoms with Gasteiger partial charge in [0, 0.05) is 23.6 Å². The van der Waals surface area contributed by atoms with Gasteiger partial charge in [0.1, 0.15) is 5.82 Å². The molecule has 1 aromatic carbocycles. The summed E-state index contributed by atoms with van der Waals surface area (Å²) in [4.78, 5) is 3.19. The summed E-state index contributed by atoms with van der Waals surface area (Å²) in [5.41, 5.74) is 2.23. The number of aromatic nitrogens is 5. The first kappa shape index (κ1) is 15.4. The van der Waals surface area contributed by atoms with E-state index < -0.39 is 12.0 Å². The van der Waals surface area contributed by atoms with Crippen LogP contribution < -0.4 is 5.32 Å². The molecule has 128 valence electrons. The van der Waals surface area contributed by atoms with Crippen LogP contribution >= 0.6 is 0 Å². The van der Waals surface area contributed by atoms with Crippen molar-refractivity contribution in [2.24, 2.45) is 0 Å². The van der Waals surface area contributed by atoms with E-state index in [4.69, 9.17) is 0 Å². The summed E-state index contributed by atoms with van der Waals surface area (Å²) >= 11 is 0. The first-order valence-corrected chi connectivity index (χ1v) is 7.61. The van der Waals surface area contributed by atoms with Crippen LogP contribution in [0.5, 0.6) is 0 Å². The van der Waals surface area contributed by atoms with E-state index in [2.05, 4.69) is 25.6 Å². The molecule has 6 nitrogen and oxygen atoms in total. The third-order valence-corrected chi connectivity index (χ3v) is 3.89. The molecule has 9 heteroatoms. The summed E-state index contributed by atoms with van der Waals surface area (Å²) in [6.07, 6.45) is -1.96. The summed E-state index contributed by atoms with van der Waals surface area (Å²) < 4.78 is 39.3.